The number of nitrogens with one attached hydrogen (secondary N) is 2. The monoisotopic (exact) mass is 396 g/mol. The molecule has 0 aliphatic carbocycles. The number of aryl methyl sites for hydroxylation is 1. The average molecular weight is 397 g/mol. The lowest BCUT2D eigenvalue weighted by atomic mass is 10.2. The Morgan fingerprint density at radius 2 is 1.76 bits per heavy atom. The molecule has 2 N–H and O–H groups in total. The minimum atomic E-state index is -0.229. The molecule has 25 heavy (non-hydrogen) atoms. The summed E-state index contributed by atoms with van der Waals surface area (Å²) in [5.41, 5.74) is 2.95. The summed E-state index contributed by atoms with van der Waals surface area (Å²) in [6.45, 7) is 2.29. The van der Waals surface area contributed by atoms with Crippen LogP contribution < -0.4 is 10.6 Å². The second-order valence-electron chi connectivity index (χ2n) is 5.52. The number of amides is 1. The van der Waals surface area contributed by atoms with Gasteiger partial charge in [-0.1, -0.05) is 46.3 Å². The summed E-state index contributed by atoms with van der Waals surface area (Å²) in [4.78, 5) is 21.0. The zero-order valence-electron chi connectivity index (χ0n) is 13.7. The van der Waals surface area contributed by atoms with Gasteiger partial charge in [-0.15, -0.1) is 0 Å². The molecule has 2 aromatic carbocycles. The summed E-state index contributed by atoms with van der Waals surface area (Å²) in [5, 5.41) is 6.00. The van der Waals surface area contributed by atoms with E-state index < -0.39 is 0 Å². The topological polar surface area (TPSA) is 66.9 Å². The van der Waals surface area contributed by atoms with E-state index in [1.165, 1.54) is 0 Å². The van der Waals surface area contributed by atoms with E-state index in [1.807, 2.05) is 61.5 Å². The lowest BCUT2D eigenvalue weighted by molar-refractivity contribution is 0.0945. The van der Waals surface area contributed by atoms with E-state index in [0.29, 0.717) is 18.2 Å². The van der Waals surface area contributed by atoms with Crippen molar-refractivity contribution in [3.63, 3.8) is 0 Å². The highest BCUT2D eigenvalue weighted by atomic mass is 79.9. The van der Waals surface area contributed by atoms with Crippen molar-refractivity contribution in [1.29, 1.82) is 0 Å². The first kappa shape index (κ1) is 17.1. The number of carbonyl (C=O) groups excluding carboxylic acids is 1. The van der Waals surface area contributed by atoms with Crippen LogP contribution in [0.5, 0.6) is 0 Å². The molecule has 6 heteroatoms. The quantitative estimate of drug-likeness (QED) is 0.677. The maximum Gasteiger partial charge on any atom is 0.270 e. The Bertz CT molecular complexity index is 866. The van der Waals surface area contributed by atoms with E-state index in [2.05, 4.69) is 36.5 Å². The molecule has 3 aromatic rings. The van der Waals surface area contributed by atoms with Crippen LogP contribution >= 0.6 is 15.9 Å². The van der Waals surface area contributed by atoms with Crippen molar-refractivity contribution >= 4 is 33.5 Å². The van der Waals surface area contributed by atoms with Crippen LogP contribution in [-0.2, 0) is 6.54 Å². The van der Waals surface area contributed by atoms with Crippen molar-refractivity contribution in [2.24, 2.45) is 0 Å². The molecular formula is C19H17BrN4O. The van der Waals surface area contributed by atoms with Gasteiger partial charge in [0.15, 0.2) is 0 Å². The summed E-state index contributed by atoms with van der Waals surface area (Å²) < 4.78 is 0.990. The zero-order chi connectivity index (χ0) is 17.6. The van der Waals surface area contributed by atoms with Gasteiger partial charge in [-0.05, 0) is 42.8 Å². The van der Waals surface area contributed by atoms with E-state index in [1.54, 1.807) is 6.07 Å². The molecule has 1 amide bonds. The summed E-state index contributed by atoms with van der Waals surface area (Å²) >= 11 is 3.40. The summed E-state index contributed by atoms with van der Waals surface area (Å²) in [6, 6.07) is 19.1. The second-order valence-corrected chi connectivity index (χ2v) is 6.43. The number of hydrogen-bond acceptors (Lipinski definition) is 4. The Morgan fingerprint density at radius 3 is 2.48 bits per heavy atom. The Kier molecular flexibility index (Phi) is 5.40. The van der Waals surface area contributed by atoms with Gasteiger partial charge in [0.1, 0.15) is 5.69 Å². The van der Waals surface area contributed by atoms with E-state index in [-0.39, 0.29) is 5.91 Å². The minimum Gasteiger partial charge on any atom is -0.347 e. The number of rotatable bonds is 5. The number of aromatic nitrogens is 2. The fourth-order valence-electron chi connectivity index (χ4n) is 2.27. The van der Waals surface area contributed by atoms with Gasteiger partial charge < -0.3 is 10.6 Å². The maximum atomic E-state index is 12.4. The van der Waals surface area contributed by atoms with E-state index in [9.17, 15) is 4.79 Å². The van der Waals surface area contributed by atoms with Crippen molar-refractivity contribution < 1.29 is 4.79 Å². The van der Waals surface area contributed by atoms with Gasteiger partial charge >= 0.3 is 0 Å². The third-order valence-electron chi connectivity index (χ3n) is 3.48. The molecule has 0 unspecified atom stereocenters. The van der Waals surface area contributed by atoms with Crippen LogP contribution in [0.1, 0.15) is 21.7 Å². The normalized spacial score (nSPS) is 10.3. The van der Waals surface area contributed by atoms with Crippen LogP contribution in [0.3, 0.4) is 0 Å². The first-order valence-electron chi connectivity index (χ1n) is 7.80. The minimum absolute atomic E-state index is 0.229. The van der Waals surface area contributed by atoms with Gasteiger partial charge in [0.05, 0.1) is 0 Å². The first-order valence-corrected chi connectivity index (χ1v) is 8.60. The number of nitrogens with zero attached hydrogens (tertiary/aromatic N) is 2. The first-order chi connectivity index (χ1) is 12.1. The summed E-state index contributed by atoms with van der Waals surface area (Å²) in [6.07, 6.45) is 0. The molecule has 126 valence electrons. The predicted molar refractivity (Wildman–Crippen MR) is 102 cm³/mol. The van der Waals surface area contributed by atoms with Gasteiger partial charge in [0.25, 0.3) is 5.91 Å². The average Bonchev–Trinajstić information content (AvgIpc) is 2.62. The summed E-state index contributed by atoms with van der Waals surface area (Å²) in [7, 11) is 0. The van der Waals surface area contributed by atoms with Gasteiger partial charge in [-0.3, -0.25) is 4.79 Å². The van der Waals surface area contributed by atoms with Crippen LogP contribution in [0.15, 0.2) is 65.1 Å². The standard InChI is InChI=1S/C19H17BrN4O/c1-13-11-17(18(25)21-12-14-5-3-2-4-6-14)24-19(22-13)23-16-9-7-15(20)8-10-16/h2-11H,12H2,1H3,(H,21,25)(H,22,23,24). The van der Waals surface area contributed by atoms with Crippen LogP contribution in [0.2, 0.25) is 0 Å². The number of anilines is 2. The van der Waals surface area contributed by atoms with Crippen LogP contribution in [-0.4, -0.2) is 15.9 Å². The molecule has 0 saturated carbocycles. The van der Waals surface area contributed by atoms with Crippen LogP contribution in [0.4, 0.5) is 11.6 Å². The SMILES string of the molecule is Cc1cc(C(=O)NCc2ccccc2)nc(Nc2ccc(Br)cc2)n1. The molecule has 3 rings (SSSR count). The molecule has 0 bridgehead atoms. The van der Waals surface area contributed by atoms with E-state index in [0.717, 1.165) is 21.4 Å². The highest BCUT2D eigenvalue weighted by molar-refractivity contribution is 9.10. The van der Waals surface area contributed by atoms with Gasteiger partial charge in [-0.2, -0.15) is 0 Å². The van der Waals surface area contributed by atoms with Crippen LogP contribution in [0, 0.1) is 6.92 Å². The smallest absolute Gasteiger partial charge is 0.270 e. The fourth-order valence-corrected chi connectivity index (χ4v) is 2.54. The predicted octanol–water partition coefficient (Wildman–Crippen LogP) is 4.22. The van der Waals surface area contributed by atoms with E-state index in [4.69, 9.17) is 0 Å². The van der Waals surface area contributed by atoms with Gasteiger partial charge in [0.2, 0.25) is 5.95 Å². The van der Waals surface area contributed by atoms with Crippen molar-refractivity contribution in [1.82, 2.24) is 15.3 Å². The molecule has 1 heterocycles. The Hall–Kier alpha value is -2.73. The number of benzene rings is 2. The van der Waals surface area contributed by atoms with Crippen molar-refractivity contribution in [3.8, 4) is 0 Å². The van der Waals surface area contributed by atoms with Crippen LogP contribution in [0.25, 0.3) is 0 Å². The molecule has 0 fully saturated rings. The largest absolute Gasteiger partial charge is 0.347 e. The zero-order valence-corrected chi connectivity index (χ0v) is 15.2. The fraction of sp³-hybridized carbons (Fsp3) is 0.105. The third kappa shape index (κ3) is 4.87. The molecule has 1 aromatic heterocycles. The second kappa shape index (κ2) is 7.90. The third-order valence-corrected chi connectivity index (χ3v) is 4.01. The van der Waals surface area contributed by atoms with Gasteiger partial charge in [-0.25, -0.2) is 9.97 Å². The molecular weight excluding hydrogens is 380 g/mol. The number of hydrogen-bond donors (Lipinski definition) is 2. The lowest BCUT2D eigenvalue weighted by Gasteiger charge is -2.09. The van der Waals surface area contributed by atoms with E-state index >= 15 is 0 Å². The maximum absolute atomic E-state index is 12.4. The Morgan fingerprint density at radius 1 is 1.04 bits per heavy atom. The molecule has 0 radical (unpaired) electrons. The highest BCUT2D eigenvalue weighted by Gasteiger charge is 2.10. The summed E-state index contributed by atoms with van der Waals surface area (Å²) in [5.74, 6) is 0.167. The number of carbonyl (C=O) groups is 1. The number of halogens is 1. The molecule has 0 aliphatic rings. The van der Waals surface area contributed by atoms with Crippen molar-refractivity contribution in [2.45, 2.75) is 13.5 Å². The highest BCUT2D eigenvalue weighted by Crippen LogP contribution is 2.17. The molecule has 0 saturated heterocycles. The van der Waals surface area contributed by atoms with Crippen molar-refractivity contribution in [2.75, 3.05) is 5.32 Å². The molecule has 5 nitrogen and oxygen atoms in total. The van der Waals surface area contributed by atoms with Gasteiger partial charge in [0, 0.05) is 22.4 Å². The lowest BCUT2D eigenvalue weighted by Crippen LogP contribution is -2.24. The Balaban J connectivity index is 1.72. The Labute approximate surface area is 154 Å². The molecule has 0 aliphatic heterocycles. The van der Waals surface area contributed by atoms with Crippen molar-refractivity contribution in [3.05, 3.63) is 82.1 Å². The molecule has 0 spiro atoms. The molecule has 0 atom stereocenters.